The maximum Gasteiger partial charge on any atom is 0.334 e. The Kier molecular flexibility index (Phi) is 5.53. The molecule has 0 heterocycles. The van der Waals surface area contributed by atoms with Gasteiger partial charge in [-0.15, -0.1) is 0 Å². The van der Waals surface area contributed by atoms with Gasteiger partial charge in [0, 0.05) is 6.42 Å². The topological polar surface area (TPSA) is 35.5 Å². The molecule has 82 valence electrons. The highest BCUT2D eigenvalue weighted by Crippen LogP contribution is 2.13. The summed E-state index contributed by atoms with van der Waals surface area (Å²) in [6, 6.07) is 0. The van der Waals surface area contributed by atoms with Crippen molar-refractivity contribution in [1.29, 1.82) is 0 Å². The van der Waals surface area contributed by atoms with Gasteiger partial charge in [0.25, 0.3) is 0 Å². The van der Waals surface area contributed by atoms with E-state index in [2.05, 4.69) is 19.6 Å². The lowest BCUT2D eigenvalue weighted by Gasteiger charge is -2.20. The van der Waals surface area contributed by atoms with Crippen molar-refractivity contribution in [2.45, 2.75) is 39.9 Å². The predicted octanol–water partition coefficient (Wildman–Crippen LogP) is 2.69. The highest BCUT2D eigenvalue weighted by molar-refractivity contribution is 6.70. The highest BCUT2D eigenvalue weighted by atomic mass is 28.4. The Hall–Kier alpha value is -0.773. The molecule has 0 atom stereocenters. The Bertz CT molecular complexity index is 216. The van der Waals surface area contributed by atoms with Crippen LogP contribution in [0.4, 0.5) is 0 Å². The van der Waals surface area contributed by atoms with Crippen LogP contribution in [0, 0.1) is 0 Å². The average molecular weight is 216 g/mol. The van der Waals surface area contributed by atoms with E-state index in [1.54, 1.807) is 6.92 Å². The molecule has 0 aliphatic carbocycles. The SMILES string of the molecule is CCOC(=O)/C=C(\CC)O[Si](C)(C)C. The lowest BCUT2D eigenvalue weighted by atomic mass is 10.4. The van der Waals surface area contributed by atoms with Gasteiger partial charge in [-0.05, 0) is 26.6 Å². The number of esters is 1. The molecule has 3 nitrogen and oxygen atoms in total. The zero-order chi connectivity index (χ0) is 11.2. The summed E-state index contributed by atoms with van der Waals surface area (Å²) in [5, 5.41) is 0. The average Bonchev–Trinajstić information content (AvgIpc) is 2.01. The second-order valence-electron chi connectivity index (χ2n) is 3.93. The standard InChI is InChI=1S/C10H20O3Si/c1-6-9(13-14(3,4)5)8-10(11)12-7-2/h8H,6-7H2,1-5H3/b9-8+. The van der Waals surface area contributed by atoms with Gasteiger partial charge in [-0.1, -0.05) is 6.92 Å². The smallest absolute Gasteiger partial charge is 0.334 e. The number of carbonyl (C=O) groups is 1. The maximum atomic E-state index is 11.1. The molecule has 0 rings (SSSR count). The number of carbonyl (C=O) groups excluding carboxylic acids is 1. The van der Waals surface area contributed by atoms with E-state index in [1.807, 2.05) is 6.92 Å². The van der Waals surface area contributed by atoms with Crippen molar-refractivity contribution in [1.82, 2.24) is 0 Å². The highest BCUT2D eigenvalue weighted by Gasteiger charge is 2.17. The van der Waals surface area contributed by atoms with Crippen LogP contribution in [0.15, 0.2) is 11.8 Å². The third-order valence-electron chi connectivity index (χ3n) is 1.35. The number of rotatable bonds is 5. The minimum Gasteiger partial charge on any atom is -0.547 e. The van der Waals surface area contributed by atoms with Crippen molar-refractivity contribution >= 4 is 14.3 Å². The van der Waals surface area contributed by atoms with Gasteiger partial charge in [0.2, 0.25) is 8.32 Å². The Balaban J connectivity index is 4.32. The lowest BCUT2D eigenvalue weighted by molar-refractivity contribution is -0.137. The van der Waals surface area contributed by atoms with Crippen LogP contribution in [0.5, 0.6) is 0 Å². The summed E-state index contributed by atoms with van der Waals surface area (Å²) in [6.07, 6.45) is 2.17. The lowest BCUT2D eigenvalue weighted by Crippen LogP contribution is -2.25. The fraction of sp³-hybridized carbons (Fsp3) is 0.700. The van der Waals surface area contributed by atoms with E-state index < -0.39 is 8.32 Å². The molecule has 0 fully saturated rings. The van der Waals surface area contributed by atoms with Gasteiger partial charge >= 0.3 is 5.97 Å². The van der Waals surface area contributed by atoms with E-state index >= 15 is 0 Å². The van der Waals surface area contributed by atoms with Gasteiger partial charge in [0.05, 0.1) is 18.4 Å². The molecule has 0 saturated heterocycles. The van der Waals surface area contributed by atoms with Gasteiger partial charge in [-0.2, -0.15) is 0 Å². The molecule has 14 heavy (non-hydrogen) atoms. The van der Waals surface area contributed by atoms with Gasteiger partial charge < -0.3 is 9.16 Å². The van der Waals surface area contributed by atoms with E-state index in [0.717, 1.165) is 12.2 Å². The molecule has 0 N–H and O–H groups in total. The maximum absolute atomic E-state index is 11.1. The molecule has 0 aromatic carbocycles. The molecular formula is C10H20O3Si. The van der Waals surface area contributed by atoms with Crippen LogP contribution < -0.4 is 0 Å². The zero-order valence-electron chi connectivity index (χ0n) is 9.72. The molecule has 0 bridgehead atoms. The second-order valence-corrected chi connectivity index (χ2v) is 8.36. The fourth-order valence-electron chi connectivity index (χ4n) is 0.912. The molecule has 0 amide bonds. The first-order chi connectivity index (χ1) is 6.39. The van der Waals surface area contributed by atoms with Crippen LogP contribution >= 0.6 is 0 Å². The number of hydrogen-bond acceptors (Lipinski definition) is 3. The molecule has 0 spiro atoms. The van der Waals surface area contributed by atoms with Crippen LogP contribution in [0.25, 0.3) is 0 Å². The fourth-order valence-corrected chi connectivity index (χ4v) is 1.90. The Morgan fingerprint density at radius 3 is 2.21 bits per heavy atom. The number of ether oxygens (including phenoxy) is 1. The third kappa shape index (κ3) is 6.71. The minimum absolute atomic E-state index is 0.317. The van der Waals surface area contributed by atoms with Gasteiger partial charge in [0.1, 0.15) is 0 Å². The summed E-state index contributed by atoms with van der Waals surface area (Å²) in [7, 11) is -1.61. The minimum atomic E-state index is -1.61. The molecule has 0 aliphatic heterocycles. The molecule has 0 radical (unpaired) electrons. The number of hydrogen-bond donors (Lipinski definition) is 0. The molecule has 0 aromatic rings. The number of allylic oxidation sites excluding steroid dienone is 1. The van der Waals surface area contributed by atoms with Crippen LogP contribution in [-0.2, 0) is 14.0 Å². The van der Waals surface area contributed by atoms with E-state index in [0.29, 0.717) is 6.61 Å². The third-order valence-corrected chi connectivity index (χ3v) is 2.23. The summed E-state index contributed by atoms with van der Waals surface area (Å²) >= 11 is 0. The van der Waals surface area contributed by atoms with Crippen molar-refractivity contribution in [2.24, 2.45) is 0 Å². The quantitative estimate of drug-likeness (QED) is 0.307. The largest absolute Gasteiger partial charge is 0.547 e. The van der Waals surface area contributed by atoms with Crippen LogP contribution in [0.2, 0.25) is 19.6 Å². The summed E-state index contributed by atoms with van der Waals surface area (Å²) in [6.45, 7) is 10.4. The Morgan fingerprint density at radius 2 is 1.86 bits per heavy atom. The first-order valence-electron chi connectivity index (χ1n) is 4.95. The monoisotopic (exact) mass is 216 g/mol. The van der Waals surface area contributed by atoms with Crippen LogP contribution in [0.3, 0.4) is 0 Å². The van der Waals surface area contributed by atoms with Crippen molar-refractivity contribution in [2.75, 3.05) is 6.61 Å². The van der Waals surface area contributed by atoms with E-state index in [4.69, 9.17) is 9.16 Å². The molecule has 0 aliphatic rings. The van der Waals surface area contributed by atoms with Crippen molar-refractivity contribution < 1.29 is 14.0 Å². The van der Waals surface area contributed by atoms with Crippen LogP contribution in [0.1, 0.15) is 20.3 Å². The van der Waals surface area contributed by atoms with Crippen LogP contribution in [-0.4, -0.2) is 20.9 Å². The predicted molar refractivity (Wildman–Crippen MR) is 59.4 cm³/mol. The second kappa shape index (κ2) is 5.85. The van der Waals surface area contributed by atoms with E-state index in [9.17, 15) is 4.79 Å². The summed E-state index contributed by atoms with van der Waals surface area (Å²) in [5.74, 6) is 0.408. The van der Waals surface area contributed by atoms with E-state index in [1.165, 1.54) is 6.08 Å². The first-order valence-corrected chi connectivity index (χ1v) is 8.36. The Morgan fingerprint density at radius 1 is 1.29 bits per heavy atom. The van der Waals surface area contributed by atoms with Crippen molar-refractivity contribution in [3.8, 4) is 0 Å². The molecule has 0 aromatic heterocycles. The molecule has 0 unspecified atom stereocenters. The van der Waals surface area contributed by atoms with Gasteiger partial charge in [-0.3, -0.25) is 0 Å². The normalized spacial score (nSPS) is 12.5. The van der Waals surface area contributed by atoms with Gasteiger partial charge in [0.15, 0.2) is 0 Å². The molecular weight excluding hydrogens is 196 g/mol. The Labute approximate surface area is 87.2 Å². The summed E-state index contributed by atoms with van der Waals surface area (Å²) in [4.78, 5) is 11.1. The van der Waals surface area contributed by atoms with Crippen molar-refractivity contribution in [3.05, 3.63) is 11.8 Å². The summed E-state index contributed by atoms with van der Waals surface area (Å²) < 4.78 is 10.5. The van der Waals surface area contributed by atoms with Crippen molar-refractivity contribution in [3.63, 3.8) is 0 Å². The zero-order valence-corrected chi connectivity index (χ0v) is 10.7. The van der Waals surface area contributed by atoms with Gasteiger partial charge in [-0.25, -0.2) is 4.79 Å². The molecule has 4 heteroatoms. The van der Waals surface area contributed by atoms with E-state index in [-0.39, 0.29) is 5.97 Å². The summed E-state index contributed by atoms with van der Waals surface area (Å²) in [5.41, 5.74) is 0. The molecule has 0 saturated carbocycles. The first kappa shape index (κ1) is 13.2.